The van der Waals surface area contributed by atoms with Crippen molar-refractivity contribution in [1.29, 1.82) is 0 Å². The van der Waals surface area contributed by atoms with Gasteiger partial charge in [-0.2, -0.15) is 0 Å². The average molecular weight is 262 g/mol. The largest absolute Gasteiger partial charge is 0.494 e. The fraction of sp³-hybridized carbons (Fsp3) is 0.667. The van der Waals surface area contributed by atoms with Gasteiger partial charge >= 0.3 is 0 Å². The Hall–Kier alpha value is -0.980. The van der Waals surface area contributed by atoms with E-state index in [9.17, 15) is 0 Å². The normalized spacial score (nSPS) is 13.3. The fourth-order valence-electron chi connectivity index (χ4n) is 2.41. The summed E-state index contributed by atoms with van der Waals surface area (Å²) in [5.41, 5.74) is 1.83. The summed E-state index contributed by atoms with van der Waals surface area (Å²) in [6, 6.07) is 8.72. The molecule has 0 saturated heterocycles. The van der Waals surface area contributed by atoms with Crippen molar-refractivity contribution in [3.8, 4) is 5.75 Å². The minimum atomic E-state index is 0.386. The summed E-state index contributed by atoms with van der Waals surface area (Å²) in [6.45, 7) is 12.2. The zero-order chi connectivity index (χ0) is 14.3. The molecule has 0 heterocycles. The third-order valence-corrected chi connectivity index (χ3v) is 3.47. The molecule has 0 bridgehead atoms. The van der Waals surface area contributed by atoms with Crippen molar-refractivity contribution in [2.24, 2.45) is 5.41 Å². The zero-order valence-electron chi connectivity index (χ0n) is 13.3. The summed E-state index contributed by atoms with van der Waals surface area (Å²) in [6.07, 6.45) is 4.75. The minimum absolute atomic E-state index is 0.386. The molecule has 1 heteroatoms. The van der Waals surface area contributed by atoms with Gasteiger partial charge in [-0.25, -0.2) is 0 Å². The van der Waals surface area contributed by atoms with E-state index in [1.165, 1.54) is 24.8 Å². The van der Waals surface area contributed by atoms with Crippen LogP contribution in [0.4, 0.5) is 0 Å². The molecule has 1 nitrogen and oxygen atoms in total. The number of benzene rings is 1. The van der Waals surface area contributed by atoms with E-state index in [-0.39, 0.29) is 0 Å². The van der Waals surface area contributed by atoms with E-state index in [0.29, 0.717) is 11.3 Å². The van der Waals surface area contributed by atoms with Crippen LogP contribution in [0.1, 0.15) is 71.8 Å². The van der Waals surface area contributed by atoms with Gasteiger partial charge in [-0.05, 0) is 48.3 Å². The minimum Gasteiger partial charge on any atom is -0.494 e. The maximum absolute atomic E-state index is 5.72. The number of rotatable bonds is 7. The molecule has 1 aromatic carbocycles. The van der Waals surface area contributed by atoms with Gasteiger partial charge in [-0.15, -0.1) is 0 Å². The molecule has 0 aliphatic rings. The van der Waals surface area contributed by atoms with E-state index in [1.54, 1.807) is 0 Å². The van der Waals surface area contributed by atoms with Crippen LogP contribution in [0.5, 0.6) is 5.75 Å². The monoisotopic (exact) mass is 262 g/mol. The van der Waals surface area contributed by atoms with Crippen LogP contribution in [0.15, 0.2) is 24.3 Å². The number of unbranched alkanes of at least 4 members (excludes halogenated alkanes) is 1. The molecule has 0 aliphatic carbocycles. The molecule has 0 aliphatic heterocycles. The standard InChI is InChI=1S/C18H30O/c1-6-8-13-19-17-11-9-16(10-12-17)15(7-2)14-18(3,4)5/h9-12,15H,6-8,13-14H2,1-5H3. The Balaban J connectivity index is 2.62. The van der Waals surface area contributed by atoms with Crippen molar-refractivity contribution in [2.45, 2.75) is 66.2 Å². The first-order valence-corrected chi connectivity index (χ1v) is 7.69. The lowest BCUT2D eigenvalue weighted by atomic mass is 9.80. The SMILES string of the molecule is CCCCOc1ccc(C(CC)CC(C)(C)C)cc1. The fourth-order valence-corrected chi connectivity index (χ4v) is 2.41. The van der Waals surface area contributed by atoms with Crippen molar-refractivity contribution in [3.63, 3.8) is 0 Å². The van der Waals surface area contributed by atoms with Crippen LogP contribution in [0, 0.1) is 5.41 Å². The summed E-state index contributed by atoms with van der Waals surface area (Å²) in [4.78, 5) is 0. The van der Waals surface area contributed by atoms with E-state index >= 15 is 0 Å². The van der Waals surface area contributed by atoms with Gasteiger partial charge in [0.2, 0.25) is 0 Å². The summed E-state index contributed by atoms with van der Waals surface area (Å²) >= 11 is 0. The molecule has 0 spiro atoms. The van der Waals surface area contributed by atoms with Crippen LogP contribution in [0.25, 0.3) is 0 Å². The highest BCUT2D eigenvalue weighted by Crippen LogP contribution is 2.33. The molecular formula is C18H30O. The quantitative estimate of drug-likeness (QED) is 0.565. The van der Waals surface area contributed by atoms with Crippen LogP contribution in [-0.4, -0.2) is 6.61 Å². The number of hydrogen-bond acceptors (Lipinski definition) is 1. The van der Waals surface area contributed by atoms with Crippen molar-refractivity contribution < 1.29 is 4.74 Å². The highest BCUT2D eigenvalue weighted by Gasteiger charge is 2.18. The molecule has 1 rings (SSSR count). The third-order valence-electron chi connectivity index (χ3n) is 3.47. The molecular weight excluding hydrogens is 232 g/mol. The van der Waals surface area contributed by atoms with E-state index in [2.05, 4.69) is 58.9 Å². The molecule has 19 heavy (non-hydrogen) atoms. The highest BCUT2D eigenvalue weighted by atomic mass is 16.5. The van der Waals surface area contributed by atoms with Gasteiger partial charge in [0.25, 0.3) is 0 Å². The van der Waals surface area contributed by atoms with Gasteiger partial charge in [-0.1, -0.05) is 53.2 Å². The molecule has 0 saturated carbocycles. The Morgan fingerprint density at radius 1 is 1.05 bits per heavy atom. The molecule has 1 atom stereocenters. The predicted molar refractivity (Wildman–Crippen MR) is 83.9 cm³/mol. The number of hydrogen-bond donors (Lipinski definition) is 0. The van der Waals surface area contributed by atoms with Crippen LogP contribution in [0.2, 0.25) is 0 Å². The third kappa shape index (κ3) is 6.13. The van der Waals surface area contributed by atoms with E-state index in [1.807, 2.05) is 0 Å². The maximum atomic E-state index is 5.72. The van der Waals surface area contributed by atoms with Crippen molar-refractivity contribution in [3.05, 3.63) is 29.8 Å². The second kappa shape index (κ2) is 7.57. The van der Waals surface area contributed by atoms with E-state index in [0.717, 1.165) is 18.8 Å². The Kier molecular flexibility index (Phi) is 6.41. The van der Waals surface area contributed by atoms with Gasteiger partial charge in [-0.3, -0.25) is 0 Å². The molecule has 1 unspecified atom stereocenters. The lowest BCUT2D eigenvalue weighted by molar-refractivity contribution is 0.309. The molecule has 0 aromatic heterocycles. The Morgan fingerprint density at radius 2 is 1.68 bits per heavy atom. The lowest BCUT2D eigenvalue weighted by Gasteiger charge is -2.25. The molecule has 0 N–H and O–H groups in total. The molecule has 108 valence electrons. The maximum Gasteiger partial charge on any atom is 0.119 e. The zero-order valence-corrected chi connectivity index (χ0v) is 13.3. The Morgan fingerprint density at radius 3 is 2.16 bits per heavy atom. The van der Waals surface area contributed by atoms with Gasteiger partial charge in [0.15, 0.2) is 0 Å². The van der Waals surface area contributed by atoms with Crippen molar-refractivity contribution in [1.82, 2.24) is 0 Å². The van der Waals surface area contributed by atoms with Crippen LogP contribution < -0.4 is 4.74 Å². The van der Waals surface area contributed by atoms with Crippen LogP contribution in [-0.2, 0) is 0 Å². The molecule has 0 radical (unpaired) electrons. The van der Waals surface area contributed by atoms with Crippen LogP contribution >= 0.6 is 0 Å². The summed E-state index contributed by atoms with van der Waals surface area (Å²) < 4.78 is 5.72. The Labute approximate surface area is 119 Å². The lowest BCUT2D eigenvalue weighted by Crippen LogP contribution is -2.11. The van der Waals surface area contributed by atoms with Gasteiger partial charge < -0.3 is 4.74 Å². The summed E-state index contributed by atoms with van der Waals surface area (Å²) in [5, 5.41) is 0. The van der Waals surface area contributed by atoms with E-state index in [4.69, 9.17) is 4.74 Å². The second-order valence-corrected chi connectivity index (χ2v) is 6.64. The first-order valence-electron chi connectivity index (χ1n) is 7.69. The van der Waals surface area contributed by atoms with Crippen molar-refractivity contribution in [2.75, 3.05) is 6.61 Å². The van der Waals surface area contributed by atoms with Gasteiger partial charge in [0.1, 0.15) is 5.75 Å². The summed E-state index contributed by atoms with van der Waals surface area (Å²) in [5.74, 6) is 1.66. The first kappa shape index (κ1) is 16.1. The number of ether oxygens (including phenoxy) is 1. The van der Waals surface area contributed by atoms with Gasteiger partial charge in [0, 0.05) is 0 Å². The smallest absolute Gasteiger partial charge is 0.119 e. The molecule has 0 amide bonds. The average Bonchev–Trinajstić information content (AvgIpc) is 2.36. The summed E-state index contributed by atoms with van der Waals surface area (Å²) in [7, 11) is 0. The van der Waals surface area contributed by atoms with Crippen LogP contribution in [0.3, 0.4) is 0 Å². The van der Waals surface area contributed by atoms with Gasteiger partial charge in [0.05, 0.1) is 6.61 Å². The first-order chi connectivity index (χ1) is 8.96. The van der Waals surface area contributed by atoms with Crippen molar-refractivity contribution >= 4 is 0 Å². The predicted octanol–water partition coefficient (Wildman–Crippen LogP) is 5.80. The molecule has 0 fully saturated rings. The molecule has 1 aromatic rings. The topological polar surface area (TPSA) is 9.23 Å². The second-order valence-electron chi connectivity index (χ2n) is 6.64. The Bertz CT molecular complexity index is 345. The highest BCUT2D eigenvalue weighted by molar-refractivity contribution is 5.29. The van der Waals surface area contributed by atoms with E-state index < -0.39 is 0 Å².